The zero-order valence-electron chi connectivity index (χ0n) is 19.2. The molecule has 9 heteroatoms. The summed E-state index contributed by atoms with van der Waals surface area (Å²) in [6, 6.07) is 14.8. The van der Waals surface area contributed by atoms with E-state index in [9.17, 15) is 9.59 Å². The molecule has 0 atom stereocenters. The first kappa shape index (κ1) is 23.4. The van der Waals surface area contributed by atoms with Crippen molar-refractivity contribution in [2.75, 3.05) is 26.4 Å². The summed E-state index contributed by atoms with van der Waals surface area (Å²) in [6.07, 6.45) is 1.78. The lowest BCUT2D eigenvalue weighted by molar-refractivity contribution is -0.123. The number of amides is 2. The van der Waals surface area contributed by atoms with Gasteiger partial charge in [-0.3, -0.25) is 14.5 Å². The highest BCUT2D eigenvalue weighted by Gasteiger charge is 2.35. The first-order chi connectivity index (χ1) is 16.9. The van der Waals surface area contributed by atoms with E-state index in [4.69, 9.17) is 25.8 Å². The number of ether oxygens (including phenoxy) is 3. The van der Waals surface area contributed by atoms with Crippen molar-refractivity contribution >= 4 is 40.6 Å². The molecule has 1 fully saturated rings. The number of aromatic nitrogens is 1. The molecule has 3 aromatic rings. The average Bonchev–Trinajstić information content (AvgIpc) is 3.28. The van der Waals surface area contributed by atoms with Gasteiger partial charge in [-0.2, -0.15) is 0 Å². The molecule has 3 heterocycles. The Kier molecular flexibility index (Phi) is 6.49. The molecular formula is C26H23ClN2O5S. The highest BCUT2D eigenvalue weighted by atomic mass is 35.5. The van der Waals surface area contributed by atoms with Gasteiger partial charge in [0.05, 0.1) is 11.4 Å². The van der Waals surface area contributed by atoms with Crippen LogP contribution in [-0.2, 0) is 4.79 Å². The number of thioether (sulfide) groups is 1. The number of carbonyl (C=O) groups excluding carboxylic acids is 2. The second kappa shape index (κ2) is 9.71. The molecule has 1 saturated heterocycles. The fraction of sp³-hybridized carbons (Fsp3) is 0.231. The Labute approximate surface area is 212 Å². The van der Waals surface area contributed by atoms with Crippen molar-refractivity contribution in [2.45, 2.75) is 13.8 Å². The molecule has 0 radical (unpaired) electrons. The second-order valence-electron chi connectivity index (χ2n) is 8.13. The Morgan fingerprint density at radius 3 is 2.54 bits per heavy atom. The van der Waals surface area contributed by atoms with Crippen LogP contribution in [0.1, 0.15) is 17.0 Å². The lowest BCUT2D eigenvalue weighted by Crippen LogP contribution is -2.32. The van der Waals surface area contributed by atoms with Crippen LogP contribution in [0.15, 0.2) is 53.4 Å². The normalized spacial score (nSPS) is 16.3. The zero-order chi connectivity index (χ0) is 24.5. The van der Waals surface area contributed by atoms with Gasteiger partial charge in [-0.05, 0) is 79.7 Å². The number of rotatable bonds is 6. The summed E-state index contributed by atoms with van der Waals surface area (Å²) in [7, 11) is 0. The minimum Gasteiger partial charge on any atom is -0.492 e. The van der Waals surface area contributed by atoms with Gasteiger partial charge in [0.1, 0.15) is 25.6 Å². The van der Waals surface area contributed by atoms with Crippen LogP contribution in [0.5, 0.6) is 17.2 Å². The molecule has 180 valence electrons. The molecule has 2 aliphatic rings. The van der Waals surface area contributed by atoms with Crippen LogP contribution in [0.4, 0.5) is 4.79 Å². The number of halogens is 1. The van der Waals surface area contributed by atoms with Gasteiger partial charge < -0.3 is 18.8 Å². The topological polar surface area (TPSA) is 70.0 Å². The summed E-state index contributed by atoms with van der Waals surface area (Å²) >= 11 is 6.82. The maximum Gasteiger partial charge on any atom is 0.293 e. The van der Waals surface area contributed by atoms with E-state index in [1.807, 2.05) is 38.1 Å². The smallest absolute Gasteiger partial charge is 0.293 e. The van der Waals surface area contributed by atoms with Gasteiger partial charge in [-0.15, -0.1) is 0 Å². The summed E-state index contributed by atoms with van der Waals surface area (Å²) in [5.74, 6) is 1.76. The lowest BCUT2D eigenvalue weighted by atomic mass is 10.2. The predicted octanol–water partition coefficient (Wildman–Crippen LogP) is 5.63. The molecule has 2 amide bonds. The lowest BCUT2D eigenvalue weighted by Gasteiger charge is -2.20. The average molecular weight is 511 g/mol. The van der Waals surface area contributed by atoms with Crippen LogP contribution in [0, 0.1) is 13.8 Å². The first-order valence-electron chi connectivity index (χ1n) is 11.1. The summed E-state index contributed by atoms with van der Waals surface area (Å²) in [6.45, 7) is 5.42. The Bertz CT molecular complexity index is 1330. The third-order valence-electron chi connectivity index (χ3n) is 5.81. The number of hydrogen-bond donors (Lipinski definition) is 0. The first-order valence-corrected chi connectivity index (χ1v) is 12.3. The van der Waals surface area contributed by atoms with Gasteiger partial charge in [0, 0.05) is 28.2 Å². The fourth-order valence-electron chi connectivity index (χ4n) is 4.12. The van der Waals surface area contributed by atoms with Crippen molar-refractivity contribution in [1.82, 2.24) is 9.47 Å². The molecule has 35 heavy (non-hydrogen) atoms. The van der Waals surface area contributed by atoms with E-state index >= 15 is 0 Å². The second-order valence-corrected chi connectivity index (χ2v) is 9.56. The molecule has 0 aliphatic carbocycles. The van der Waals surface area contributed by atoms with Crippen LogP contribution >= 0.6 is 23.4 Å². The number of hydrogen-bond acceptors (Lipinski definition) is 6. The van der Waals surface area contributed by atoms with E-state index in [-0.39, 0.29) is 24.3 Å². The highest BCUT2D eigenvalue weighted by molar-refractivity contribution is 8.18. The van der Waals surface area contributed by atoms with Crippen molar-refractivity contribution in [3.8, 4) is 22.9 Å². The summed E-state index contributed by atoms with van der Waals surface area (Å²) in [5.41, 5.74) is 3.77. The van der Waals surface area contributed by atoms with E-state index in [1.54, 1.807) is 30.3 Å². The van der Waals surface area contributed by atoms with Crippen molar-refractivity contribution < 1.29 is 23.8 Å². The van der Waals surface area contributed by atoms with Gasteiger partial charge in [0.2, 0.25) is 0 Å². The molecule has 2 aromatic carbocycles. The number of aryl methyl sites for hydroxylation is 1. The van der Waals surface area contributed by atoms with Crippen molar-refractivity contribution in [3.05, 3.63) is 75.4 Å². The van der Waals surface area contributed by atoms with E-state index in [0.29, 0.717) is 34.6 Å². The van der Waals surface area contributed by atoms with E-state index < -0.39 is 0 Å². The Balaban J connectivity index is 1.32. The van der Waals surface area contributed by atoms with Crippen LogP contribution in [0.2, 0.25) is 5.02 Å². The summed E-state index contributed by atoms with van der Waals surface area (Å²) in [4.78, 5) is 27.1. The molecule has 7 nitrogen and oxygen atoms in total. The van der Waals surface area contributed by atoms with E-state index in [0.717, 1.165) is 40.2 Å². The maximum atomic E-state index is 12.9. The van der Waals surface area contributed by atoms with Gasteiger partial charge in [-0.1, -0.05) is 11.6 Å². The van der Waals surface area contributed by atoms with Crippen LogP contribution in [-0.4, -0.2) is 47.0 Å². The molecular weight excluding hydrogens is 488 g/mol. The molecule has 0 unspecified atom stereocenters. The SMILES string of the molecule is Cc1cc(/C=C2\SC(=O)N(CCOc3ccc(Cl)cc3)C2=O)c(C)n1-c1ccc2c(c1)OCCO2. The van der Waals surface area contributed by atoms with Crippen LogP contribution in [0.25, 0.3) is 11.8 Å². The van der Waals surface area contributed by atoms with Crippen LogP contribution < -0.4 is 14.2 Å². The van der Waals surface area contributed by atoms with Crippen molar-refractivity contribution in [2.24, 2.45) is 0 Å². The fourth-order valence-corrected chi connectivity index (χ4v) is 5.10. The Morgan fingerprint density at radius 2 is 1.77 bits per heavy atom. The van der Waals surface area contributed by atoms with Gasteiger partial charge in [-0.25, -0.2) is 0 Å². The summed E-state index contributed by atoms with van der Waals surface area (Å²) < 4.78 is 19.1. The molecule has 0 spiro atoms. The van der Waals surface area contributed by atoms with Gasteiger partial charge in [0.25, 0.3) is 11.1 Å². The minimum atomic E-state index is -0.316. The molecule has 0 N–H and O–H groups in total. The number of fused-ring (bicyclic) bond motifs is 1. The molecule has 5 rings (SSSR count). The predicted molar refractivity (Wildman–Crippen MR) is 136 cm³/mol. The Morgan fingerprint density at radius 1 is 1.03 bits per heavy atom. The van der Waals surface area contributed by atoms with Crippen LogP contribution in [0.3, 0.4) is 0 Å². The highest BCUT2D eigenvalue weighted by Crippen LogP contribution is 2.36. The van der Waals surface area contributed by atoms with E-state index in [1.165, 1.54) is 4.90 Å². The van der Waals surface area contributed by atoms with Gasteiger partial charge in [0.15, 0.2) is 11.5 Å². The third-order valence-corrected chi connectivity index (χ3v) is 6.97. The number of nitrogens with zero attached hydrogens (tertiary/aromatic N) is 2. The standard InChI is InChI=1S/C26H23ClN2O5S/c1-16-13-18(17(2)29(16)20-5-8-22-23(15-20)34-12-11-33-22)14-24-25(30)28(26(31)35-24)9-10-32-21-6-3-19(27)4-7-21/h3-8,13-15H,9-12H2,1-2H3/b24-14-. The number of carbonyl (C=O) groups is 2. The van der Waals surface area contributed by atoms with Crippen molar-refractivity contribution in [1.29, 1.82) is 0 Å². The van der Waals surface area contributed by atoms with E-state index in [2.05, 4.69) is 4.57 Å². The monoisotopic (exact) mass is 510 g/mol. The third kappa shape index (κ3) is 4.76. The number of imide groups is 1. The van der Waals surface area contributed by atoms with Crippen molar-refractivity contribution in [3.63, 3.8) is 0 Å². The maximum absolute atomic E-state index is 12.9. The zero-order valence-corrected chi connectivity index (χ0v) is 20.8. The number of benzene rings is 2. The largest absolute Gasteiger partial charge is 0.492 e. The summed E-state index contributed by atoms with van der Waals surface area (Å²) in [5, 5.41) is 0.309. The van der Waals surface area contributed by atoms with Gasteiger partial charge >= 0.3 is 0 Å². The quantitative estimate of drug-likeness (QED) is 0.400. The molecule has 0 bridgehead atoms. The molecule has 2 aliphatic heterocycles. The minimum absolute atomic E-state index is 0.168. The molecule has 1 aromatic heterocycles. The molecule has 0 saturated carbocycles. The Hall–Kier alpha value is -3.36.